The average molecular weight is 611 g/mol. The summed E-state index contributed by atoms with van der Waals surface area (Å²) in [5.41, 5.74) is 0.798. The van der Waals surface area contributed by atoms with E-state index in [0.717, 1.165) is 4.31 Å². The molecule has 1 N–H and O–H groups in total. The lowest BCUT2D eigenvalue weighted by atomic mass is 10.1. The van der Waals surface area contributed by atoms with Gasteiger partial charge >= 0.3 is 0 Å². The molecule has 11 heteroatoms. The second-order valence-corrected chi connectivity index (χ2v) is 12.3. The van der Waals surface area contributed by atoms with E-state index in [-0.39, 0.29) is 39.1 Å². The highest BCUT2D eigenvalue weighted by molar-refractivity contribution is 7.92. The second-order valence-electron chi connectivity index (χ2n) is 9.10. The molecule has 0 bridgehead atoms. The van der Waals surface area contributed by atoms with Crippen LogP contribution >= 0.6 is 34.8 Å². The van der Waals surface area contributed by atoms with Crippen LogP contribution in [0.1, 0.15) is 32.8 Å². The maximum absolute atomic E-state index is 13.9. The smallest absolute Gasteiger partial charge is 0.264 e. The van der Waals surface area contributed by atoms with Crippen LogP contribution in [-0.4, -0.2) is 43.8 Å². The molecule has 0 aromatic heterocycles. The Hall–Kier alpha value is -2.78. The molecule has 0 aliphatic rings. The number of carbonyl (C=O) groups excluding carboxylic acids is 2. The number of sulfonamides is 1. The van der Waals surface area contributed by atoms with Crippen LogP contribution in [0.5, 0.6) is 0 Å². The first-order valence-electron chi connectivity index (χ1n) is 12.3. The van der Waals surface area contributed by atoms with Gasteiger partial charge < -0.3 is 10.2 Å². The lowest BCUT2D eigenvalue weighted by molar-refractivity contribution is -0.139. The Balaban J connectivity index is 2.05. The monoisotopic (exact) mass is 609 g/mol. The summed E-state index contributed by atoms with van der Waals surface area (Å²) in [5, 5.41) is 3.77. The highest BCUT2D eigenvalue weighted by atomic mass is 35.5. The number of amides is 2. The van der Waals surface area contributed by atoms with Crippen molar-refractivity contribution in [2.75, 3.05) is 10.8 Å². The third kappa shape index (κ3) is 8.11. The molecule has 0 aliphatic heterocycles. The normalized spacial score (nSPS) is 12.9. The number of carbonyl (C=O) groups is 2. The lowest BCUT2D eigenvalue weighted by Gasteiger charge is -2.32. The number of benzene rings is 3. The van der Waals surface area contributed by atoms with Crippen molar-refractivity contribution < 1.29 is 18.0 Å². The molecule has 0 saturated heterocycles. The highest BCUT2D eigenvalue weighted by Gasteiger charge is 2.33. The van der Waals surface area contributed by atoms with Crippen LogP contribution in [-0.2, 0) is 26.2 Å². The van der Waals surface area contributed by atoms with Gasteiger partial charge in [-0.05, 0) is 68.3 Å². The molecule has 0 spiro atoms. The Kier molecular flexibility index (Phi) is 10.7. The van der Waals surface area contributed by atoms with Crippen LogP contribution in [0.4, 0.5) is 5.69 Å². The molecule has 208 valence electrons. The molecule has 0 heterocycles. The fourth-order valence-corrected chi connectivity index (χ4v) is 5.96. The number of nitrogens with zero attached hydrogens (tertiary/aromatic N) is 2. The first-order valence-corrected chi connectivity index (χ1v) is 14.9. The van der Waals surface area contributed by atoms with E-state index in [1.165, 1.54) is 35.2 Å². The van der Waals surface area contributed by atoms with E-state index in [1.807, 2.05) is 13.8 Å². The van der Waals surface area contributed by atoms with Crippen molar-refractivity contribution >= 4 is 62.3 Å². The molecular weight excluding hydrogens is 581 g/mol. The largest absolute Gasteiger partial charge is 0.352 e. The molecule has 3 rings (SSSR count). The molecule has 0 fully saturated rings. The van der Waals surface area contributed by atoms with Gasteiger partial charge in [0.15, 0.2) is 0 Å². The predicted molar refractivity (Wildman–Crippen MR) is 157 cm³/mol. The number of halogens is 3. The zero-order valence-corrected chi connectivity index (χ0v) is 24.9. The van der Waals surface area contributed by atoms with Crippen molar-refractivity contribution in [2.24, 2.45) is 0 Å². The van der Waals surface area contributed by atoms with Gasteiger partial charge in [0, 0.05) is 27.7 Å². The summed E-state index contributed by atoms with van der Waals surface area (Å²) in [5.74, 6) is -0.958. The summed E-state index contributed by atoms with van der Waals surface area (Å²) in [6, 6.07) is 17.9. The number of hydrogen-bond donors (Lipinski definition) is 1. The SMILES string of the molecule is CC[C@@H](C)NC(=O)[C@@H](C)N(Cc1cccc(Cl)c1)C(=O)CN(c1cc(Cl)cc(Cl)c1)S(=O)(=O)c1ccccc1. The van der Waals surface area contributed by atoms with Gasteiger partial charge in [-0.2, -0.15) is 0 Å². The number of anilines is 1. The molecule has 2 amide bonds. The third-order valence-corrected chi connectivity index (χ3v) is 8.62. The lowest BCUT2D eigenvalue weighted by Crippen LogP contribution is -2.52. The summed E-state index contributed by atoms with van der Waals surface area (Å²) in [4.78, 5) is 28.3. The van der Waals surface area contributed by atoms with E-state index >= 15 is 0 Å². The van der Waals surface area contributed by atoms with Crippen LogP contribution in [0.15, 0.2) is 77.7 Å². The van der Waals surface area contributed by atoms with Gasteiger partial charge in [-0.1, -0.05) is 72.1 Å². The van der Waals surface area contributed by atoms with E-state index in [1.54, 1.807) is 49.4 Å². The van der Waals surface area contributed by atoms with Crippen LogP contribution < -0.4 is 9.62 Å². The van der Waals surface area contributed by atoms with Gasteiger partial charge in [-0.3, -0.25) is 13.9 Å². The fourth-order valence-electron chi connectivity index (χ4n) is 3.81. The summed E-state index contributed by atoms with van der Waals surface area (Å²) in [7, 11) is -4.22. The van der Waals surface area contributed by atoms with Crippen molar-refractivity contribution in [1.82, 2.24) is 10.2 Å². The van der Waals surface area contributed by atoms with Crippen LogP contribution in [0.25, 0.3) is 0 Å². The molecule has 39 heavy (non-hydrogen) atoms. The summed E-state index contributed by atoms with van der Waals surface area (Å²) in [6.45, 7) is 4.84. The molecule has 0 unspecified atom stereocenters. The van der Waals surface area contributed by atoms with Gasteiger partial charge in [0.05, 0.1) is 10.6 Å². The van der Waals surface area contributed by atoms with Gasteiger partial charge in [0.25, 0.3) is 10.0 Å². The summed E-state index contributed by atoms with van der Waals surface area (Å²) in [6.07, 6.45) is 0.708. The van der Waals surface area contributed by atoms with Crippen LogP contribution in [0.3, 0.4) is 0 Å². The predicted octanol–water partition coefficient (Wildman–Crippen LogP) is 6.17. The minimum atomic E-state index is -4.22. The second kappa shape index (κ2) is 13.5. The number of nitrogens with one attached hydrogen (secondary N) is 1. The maximum atomic E-state index is 13.9. The van der Waals surface area contributed by atoms with E-state index < -0.39 is 28.5 Å². The molecule has 0 saturated carbocycles. The van der Waals surface area contributed by atoms with Crippen LogP contribution in [0, 0.1) is 0 Å². The topological polar surface area (TPSA) is 86.8 Å². The maximum Gasteiger partial charge on any atom is 0.264 e. The minimum Gasteiger partial charge on any atom is -0.352 e. The molecule has 0 radical (unpaired) electrons. The van der Waals surface area contributed by atoms with Gasteiger partial charge in [0.1, 0.15) is 12.6 Å². The first-order chi connectivity index (χ1) is 18.4. The quantitative estimate of drug-likeness (QED) is 0.281. The summed E-state index contributed by atoms with van der Waals surface area (Å²) >= 11 is 18.6. The third-order valence-electron chi connectivity index (χ3n) is 6.16. The fraction of sp³-hybridized carbons (Fsp3) is 0.286. The van der Waals surface area contributed by atoms with E-state index in [2.05, 4.69) is 5.32 Å². The Morgan fingerprint density at radius 2 is 1.51 bits per heavy atom. The molecule has 0 aliphatic carbocycles. The highest BCUT2D eigenvalue weighted by Crippen LogP contribution is 2.30. The Labute approximate surface area is 244 Å². The molecule has 3 aromatic rings. The van der Waals surface area contributed by atoms with Crippen molar-refractivity contribution in [3.63, 3.8) is 0 Å². The minimum absolute atomic E-state index is 0.0159. The standard InChI is InChI=1S/C28H30Cl3N3O4S/c1-4-19(2)32-28(36)20(3)33(17-21-9-8-10-22(29)13-21)27(35)18-34(25-15-23(30)14-24(31)16-25)39(37,38)26-11-6-5-7-12-26/h5-16,19-20H,4,17-18H2,1-3H3,(H,32,36)/t19-,20-/m1/s1. The van der Waals surface area contributed by atoms with E-state index in [9.17, 15) is 18.0 Å². The van der Waals surface area contributed by atoms with E-state index in [0.29, 0.717) is 17.0 Å². The summed E-state index contributed by atoms with van der Waals surface area (Å²) < 4.78 is 28.5. The average Bonchev–Trinajstić information content (AvgIpc) is 2.89. The molecule has 7 nitrogen and oxygen atoms in total. The zero-order valence-electron chi connectivity index (χ0n) is 21.8. The van der Waals surface area contributed by atoms with Crippen molar-refractivity contribution in [3.8, 4) is 0 Å². The van der Waals surface area contributed by atoms with Gasteiger partial charge in [-0.25, -0.2) is 8.42 Å². The Morgan fingerprint density at radius 1 is 0.872 bits per heavy atom. The molecular formula is C28H30Cl3N3O4S. The van der Waals surface area contributed by atoms with Crippen molar-refractivity contribution in [2.45, 2.75) is 50.7 Å². The number of hydrogen-bond acceptors (Lipinski definition) is 4. The van der Waals surface area contributed by atoms with E-state index in [4.69, 9.17) is 34.8 Å². The number of rotatable bonds is 11. The molecule has 2 atom stereocenters. The van der Waals surface area contributed by atoms with Crippen LogP contribution in [0.2, 0.25) is 15.1 Å². The zero-order chi connectivity index (χ0) is 28.7. The van der Waals surface area contributed by atoms with Gasteiger partial charge in [0.2, 0.25) is 11.8 Å². The Bertz CT molecular complexity index is 1400. The first kappa shape index (κ1) is 30.8. The molecule has 3 aromatic carbocycles. The van der Waals surface area contributed by atoms with Gasteiger partial charge in [-0.15, -0.1) is 0 Å². The Morgan fingerprint density at radius 3 is 2.10 bits per heavy atom. The van der Waals surface area contributed by atoms with Crippen molar-refractivity contribution in [3.05, 3.63) is 93.4 Å². The van der Waals surface area contributed by atoms with Crippen molar-refractivity contribution in [1.29, 1.82) is 0 Å².